The van der Waals surface area contributed by atoms with E-state index in [9.17, 15) is 14.7 Å². The van der Waals surface area contributed by atoms with Crippen molar-refractivity contribution >= 4 is 11.8 Å². The van der Waals surface area contributed by atoms with Crippen LogP contribution in [-0.2, 0) is 4.79 Å². The fraction of sp³-hybridized carbons (Fsp3) is 0.630. The number of aromatic hydroxyl groups is 1. The topological polar surface area (TPSA) is 78.4 Å². The maximum atomic E-state index is 13.2. The highest BCUT2D eigenvalue weighted by atomic mass is 16.3. The third-order valence-corrected chi connectivity index (χ3v) is 9.87. The van der Waals surface area contributed by atoms with Gasteiger partial charge in [0.25, 0.3) is 5.91 Å². The summed E-state index contributed by atoms with van der Waals surface area (Å²) < 4.78 is 0. The van der Waals surface area contributed by atoms with Crippen molar-refractivity contribution in [2.75, 3.05) is 0 Å². The molecule has 1 aliphatic heterocycles. The summed E-state index contributed by atoms with van der Waals surface area (Å²) in [5.41, 5.74) is 2.16. The van der Waals surface area contributed by atoms with Crippen molar-refractivity contribution in [3.05, 3.63) is 41.0 Å². The van der Waals surface area contributed by atoms with E-state index in [4.69, 9.17) is 0 Å². The molecule has 1 heterocycles. The van der Waals surface area contributed by atoms with Gasteiger partial charge in [-0.15, -0.1) is 0 Å². The van der Waals surface area contributed by atoms with Gasteiger partial charge in [-0.1, -0.05) is 26.0 Å². The molecule has 1 aromatic rings. The summed E-state index contributed by atoms with van der Waals surface area (Å²) in [5, 5.41) is 16.9. The van der Waals surface area contributed by atoms with Crippen molar-refractivity contribution in [2.24, 2.45) is 28.6 Å². The van der Waals surface area contributed by atoms with Crippen LogP contribution in [0.4, 0.5) is 0 Å². The summed E-state index contributed by atoms with van der Waals surface area (Å²) in [4.78, 5) is 25.1. The largest absolute Gasteiger partial charge is 0.507 e. The van der Waals surface area contributed by atoms with Crippen molar-refractivity contribution < 1.29 is 14.7 Å². The van der Waals surface area contributed by atoms with Crippen LogP contribution in [0.1, 0.15) is 73.9 Å². The molecule has 2 amide bonds. The maximum Gasteiger partial charge on any atom is 0.251 e. The van der Waals surface area contributed by atoms with Crippen LogP contribution in [-0.4, -0.2) is 29.0 Å². The average Bonchev–Trinajstić information content (AvgIpc) is 3.08. The number of carbonyl (C=O) groups excluding carboxylic acids is 2. The van der Waals surface area contributed by atoms with Crippen molar-refractivity contribution in [3.8, 4) is 5.75 Å². The SMILES string of the molecule is Cc1ccc(C(=O)NC2CC[C@H]3[C@@H]4CCC5NC(=O)C=C[C@]5(C)[C@@H]4CC[C@]23C)c(C)c1O. The molecule has 3 aliphatic carbocycles. The minimum Gasteiger partial charge on any atom is -0.507 e. The predicted octanol–water partition coefficient (Wildman–Crippen LogP) is 4.40. The lowest BCUT2D eigenvalue weighted by Gasteiger charge is -2.58. The van der Waals surface area contributed by atoms with Gasteiger partial charge in [0.15, 0.2) is 0 Å². The van der Waals surface area contributed by atoms with Gasteiger partial charge < -0.3 is 15.7 Å². The molecule has 3 saturated carbocycles. The Labute approximate surface area is 191 Å². The number of hydrogen-bond donors (Lipinski definition) is 3. The van der Waals surface area contributed by atoms with E-state index in [1.807, 2.05) is 26.0 Å². The van der Waals surface area contributed by atoms with Gasteiger partial charge in [0.05, 0.1) is 0 Å². The van der Waals surface area contributed by atoms with Gasteiger partial charge in [-0.3, -0.25) is 9.59 Å². The minimum atomic E-state index is -0.0691. The molecule has 5 nitrogen and oxygen atoms in total. The summed E-state index contributed by atoms with van der Waals surface area (Å²) >= 11 is 0. The van der Waals surface area contributed by atoms with Gasteiger partial charge in [-0.2, -0.15) is 0 Å². The highest BCUT2D eigenvalue weighted by Crippen LogP contribution is 2.63. The molecule has 172 valence electrons. The lowest BCUT2D eigenvalue weighted by molar-refractivity contribution is -0.122. The molecule has 0 spiro atoms. The van der Waals surface area contributed by atoms with Crippen LogP contribution in [0.3, 0.4) is 0 Å². The van der Waals surface area contributed by atoms with Crippen LogP contribution in [0, 0.1) is 42.4 Å². The second kappa shape index (κ2) is 7.36. The van der Waals surface area contributed by atoms with Crippen molar-refractivity contribution in [1.29, 1.82) is 0 Å². The second-order valence-electron chi connectivity index (χ2n) is 11.3. The Hall–Kier alpha value is -2.30. The summed E-state index contributed by atoms with van der Waals surface area (Å²) in [6, 6.07) is 4.06. The van der Waals surface area contributed by atoms with E-state index in [1.54, 1.807) is 6.08 Å². The Morgan fingerprint density at radius 2 is 1.88 bits per heavy atom. The molecule has 32 heavy (non-hydrogen) atoms. The molecule has 1 aromatic carbocycles. The van der Waals surface area contributed by atoms with E-state index in [0.29, 0.717) is 28.9 Å². The zero-order chi connectivity index (χ0) is 22.8. The molecule has 0 bridgehead atoms. The standard InChI is InChI=1S/C27H36N2O3/c1-15-5-6-17(16(2)24(15)31)25(32)29-22-10-8-19-18-7-9-21-27(4,14-12-23(30)28-21)20(18)11-13-26(19,22)3/h5-6,12,14,18-22,31H,7-11,13H2,1-4H3,(H,28,30)(H,29,32)/t18-,19-,20+,21?,22?,26-,27+/m0/s1. The van der Waals surface area contributed by atoms with Crippen LogP contribution in [0.15, 0.2) is 24.3 Å². The quantitative estimate of drug-likeness (QED) is 0.643. The Morgan fingerprint density at radius 1 is 1.09 bits per heavy atom. The summed E-state index contributed by atoms with van der Waals surface area (Å²) in [7, 11) is 0. The molecular weight excluding hydrogens is 400 g/mol. The van der Waals surface area contributed by atoms with E-state index < -0.39 is 0 Å². The number of rotatable bonds is 2. The predicted molar refractivity (Wildman–Crippen MR) is 124 cm³/mol. The highest BCUT2D eigenvalue weighted by molar-refractivity contribution is 5.96. The van der Waals surface area contributed by atoms with Crippen molar-refractivity contribution in [3.63, 3.8) is 0 Å². The first-order valence-electron chi connectivity index (χ1n) is 12.2. The molecule has 4 aliphatic rings. The number of amides is 2. The van der Waals surface area contributed by atoms with Crippen LogP contribution < -0.4 is 10.6 Å². The lowest BCUT2D eigenvalue weighted by Crippen LogP contribution is -2.60. The van der Waals surface area contributed by atoms with Gasteiger partial charge >= 0.3 is 0 Å². The van der Waals surface area contributed by atoms with Gasteiger partial charge in [-0.25, -0.2) is 0 Å². The number of phenolic OH excluding ortho intramolecular Hbond substituents is 1. The van der Waals surface area contributed by atoms with Crippen LogP contribution in [0.2, 0.25) is 0 Å². The van der Waals surface area contributed by atoms with Crippen molar-refractivity contribution in [2.45, 2.75) is 78.3 Å². The number of nitrogens with one attached hydrogen (secondary N) is 2. The second-order valence-corrected chi connectivity index (χ2v) is 11.3. The first kappa shape index (κ1) is 21.5. The molecule has 5 rings (SSSR count). The molecule has 0 aromatic heterocycles. The van der Waals surface area contributed by atoms with Crippen LogP contribution >= 0.6 is 0 Å². The zero-order valence-electron chi connectivity index (χ0n) is 19.7. The third-order valence-electron chi connectivity index (χ3n) is 9.87. The lowest BCUT2D eigenvalue weighted by atomic mass is 9.48. The molecule has 3 N–H and O–H groups in total. The van der Waals surface area contributed by atoms with Crippen LogP contribution in [0.5, 0.6) is 5.75 Å². The molecule has 5 heteroatoms. The normalized spacial score (nSPS) is 40.1. The van der Waals surface area contributed by atoms with Gasteiger partial charge in [0.2, 0.25) is 5.91 Å². The number of hydrogen-bond acceptors (Lipinski definition) is 3. The number of aryl methyl sites for hydroxylation is 1. The van der Waals surface area contributed by atoms with E-state index in [1.165, 1.54) is 0 Å². The van der Waals surface area contributed by atoms with Crippen molar-refractivity contribution in [1.82, 2.24) is 10.6 Å². The molecular formula is C27H36N2O3. The Bertz CT molecular complexity index is 1000. The summed E-state index contributed by atoms with van der Waals surface area (Å²) in [6.45, 7) is 8.40. The monoisotopic (exact) mass is 436 g/mol. The van der Waals surface area contributed by atoms with E-state index >= 15 is 0 Å². The Balaban J connectivity index is 1.36. The minimum absolute atomic E-state index is 0.0377. The number of carbonyl (C=O) groups is 2. The smallest absolute Gasteiger partial charge is 0.251 e. The van der Waals surface area contributed by atoms with Crippen LogP contribution in [0.25, 0.3) is 0 Å². The van der Waals surface area contributed by atoms with Gasteiger partial charge in [-0.05, 0) is 93.2 Å². The average molecular weight is 437 g/mol. The molecule has 7 atom stereocenters. The van der Waals surface area contributed by atoms with Gasteiger partial charge in [0, 0.05) is 28.6 Å². The Kier molecular flexibility index (Phi) is 4.95. The summed E-state index contributed by atoms with van der Waals surface area (Å²) in [6.07, 6.45) is 10.5. The van der Waals surface area contributed by atoms with E-state index in [0.717, 1.165) is 44.1 Å². The molecule has 0 saturated heterocycles. The van der Waals surface area contributed by atoms with Gasteiger partial charge in [0.1, 0.15) is 5.75 Å². The zero-order valence-corrected chi connectivity index (χ0v) is 19.7. The summed E-state index contributed by atoms with van der Waals surface area (Å²) in [5.74, 6) is 2.02. The van der Waals surface area contributed by atoms with E-state index in [2.05, 4.69) is 30.6 Å². The Morgan fingerprint density at radius 3 is 2.66 bits per heavy atom. The number of phenols is 1. The molecule has 2 unspecified atom stereocenters. The first-order chi connectivity index (χ1) is 15.1. The fourth-order valence-corrected chi connectivity index (χ4v) is 7.89. The first-order valence-corrected chi connectivity index (χ1v) is 12.2. The maximum absolute atomic E-state index is 13.2. The third kappa shape index (κ3) is 3.03. The highest BCUT2D eigenvalue weighted by Gasteiger charge is 2.59. The fourth-order valence-electron chi connectivity index (χ4n) is 7.89. The van der Waals surface area contributed by atoms with E-state index in [-0.39, 0.29) is 40.5 Å². The number of benzene rings is 1. The molecule has 0 radical (unpaired) electrons. The number of fused-ring (bicyclic) bond motifs is 5. The molecule has 3 fully saturated rings.